The van der Waals surface area contributed by atoms with Gasteiger partial charge in [-0.05, 0) is 5.92 Å². The number of hydrogen-bond acceptors (Lipinski definition) is 4. The summed E-state index contributed by atoms with van der Waals surface area (Å²) in [6, 6.07) is 0. The fourth-order valence-electron chi connectivity index (χ4n) is 0.222. The van der Waals surface area contributed by atoms with Gasteiger partial charge in [0.1, 0.15) is 0 Å². The van der Waals surface area contributed by atoms with Crippen LogP contribution in [-0.4, -0.2) is 30.7 Å². The van der Waals surface area contributed by atoms with Crippen molar-refractivity contribution in [2.45, 2.75) is 20.8 Å². The Balaban J connectivity index is 0. The van der Waals surface area contributed by atoms with Crippen molar-refractivity contribution in [1.82, 2.24) is 0 Å². The lowest BCUT2D eigenvalue weighted by atomic mass is 10.2. The third-order valence-corrected chi connectivity index (χ3v) is 0.984. The fourth-order valence-corrected chi connectivity index (χ4v) is 0.666. The summed E-state index contributed by atoms with van der Waals surface area (Å²) in [7, 11) is -4.22. The Bertz CT molecular complexity index is 226. The van der Waals surface area contributed by atoms with E-state index >= 15 is 0 Å². The molecule has 0 aromatic heterocycles. The molecule has 80 valence electrons. The molecule has 0 spiro atoms. The van der Waals surface area contributed by atoms with Crippen LogP contribution < -0.4 is 0 Å². The fraction of sp³-hybridized carbons (Fsp3) is 0.833. The molecule has 0 fully saturated rings. The minimum absolute atomic E-state index is 0.0266. The van der Waals surface area contributed by atoms with E-state index in [0.717, 1.165) is 6.92 Å². The van der Waals surface area contributed by atoms with Crippen LogP contribution in [0.1, 0.15) is 20.8 Å². The van der Waals surface area contributed by atoms with E-state index in [0.29, 0.717) is 0 Å². The van der Waals surface area contributed by atoms with Crippen LogP contribution in [0.3, 0.4) is 0 Å². The molecule has 0 unspecified atom stereocenters. The first-order valence-electron chi connectivity index (χ1n) is 3.46. The van der Waals surface area contributed by atoms with Crippen LogP contribution in [-0.2, 0) is 19.4 Å². The van der Waals surface area contributed by atoms with Gasteiger partial charge in [0.25, 0.3) is 5.97 Å². The molecule has 6 nitrogen and oxygen atoms in total. The highest BCUT2D eigenvalue weighted by atomic mass is 32.3. The second kappa shape index (κ2) is 6.81. The van der Waals surface area contributed by atoms with Gasteiger partial charge in [0.05, 0.1) is 6.61 Å². The van der Waals surface area contributed by atoms with Crippen molar-refractivity contribution in [3.05, 3.63) is 0 Å². The molecule has 0 amide bonds. The van der Waals surface area contributed by atoms with Gasteiger partial charge in [0.15, 0.2) is 0 Å². The quantitative estimate of drug-likeness (QED) is 0.665. The molecule has 0 aromatic carbocycles. The van der Waals surface area contributed by atoms with Gasteiger partial charge >= 0.3 is 10.4 Å². The molecule has 0 aliphatic rings. The first-order chi connectivity index (χ1) is 5.65. The molecular formula is C6H14O6S. The molecule has 0 aliphatic carbocycles. The molecule has 0 aliphatic heterocycles. The Morgan fingerprint density at radius 3 is 1.85 bits per heavy atom. The van der Waals surface area contributed by atoms with E-state index in [-0.39, 0.29) is 12.5 Å². The summed E-state index contributed by atoms with van der Waals surface area (Å²) in [6.07, 6.45) is 0. The second-order valence-corrected chi connectivity index (χ2v) is 3.72. The van der Waals surface area contributed by atoms with Crippen molar-refractivity contribution in [3.63, 3.8) is 0 Å². The first-order valence-corrected chi connectivity index (χ1v) is 4.83. The topological polar surface area (TPSA) is 101 Å². The number of carboxylic acids is 1. The maximum Gasteiger partial charge on any atom is 0.397 e. The highest BCUT2D eigenvalue weighted by Crippen LogP contribution is 1.95. The first kappa shape index (κ1) is 14.8. The summed E-state index contributed by atoms with van der Waals surface area (Å²) < 4.78 is 31.8. The second-order valence-electron chi connectivity index (χ2n) is 2.63. The van der Waals surface area contributed by atoms with Crippen molar-refractivity contribution in [2.24, 2.45) is 5.92 Å². The molecule has 2 N–H and O–H groups in total. The summed E-state index contributed by atoms with van der Waals surface area (Å²) in [5.41, 5.74) is 0. The predicted octanol–water partition coefficient (Wildman–Crippen LogP) is 0.553. The molecule has 0 aromatic rings. The molecule has 0 bridgehead atoms. The Morgan fingerprint density at radius 1 is 1.46 bits per heavy atom. The van der Waals surface area contributed by atoms with Crippen LogP contribution in [0.15, 0.2) is 0 Å². The van der Waals surface area contributed by atoms with E-state index < -0.39 is 16.4 Å². The highest BCUT2D eigenvalue weighted by Gasteiger charge is 2.04. The highest BCUT2D eigenvalue weighted by molar-refractivity contribution is 7.80. The van der Waals surface area contributed by atoms with Gasteiger partial charge in [-0.2, -0.15) is 8.42 Å². The zero-order valence-electron chi connectivity index (χ0n) is 7.72. The van der Waals surface area contributed by atoms with Gasteiger partial charge in [-0.15, -0.1) is 0 Å². The molecule has 0 heterocycles. The van der Waals surface area contributed by atoms with E-state index in [1.807, 2.05) is 0 Å². The normalized spacial score (nSPS) is 10.5. The van der Waals surface area contributed by atoms with Gasteiger partial charge in [-0.1, -0.05) is 13.8 Å². The van der Waals surface area contributed by atoms with Crippen LogP contribution in [0.25, 0.3) is 0 Å². The lowest BCUT2D eigenvalue weighted by Crippen LogP contribution is -2.08. The monoisotopic (exact) mass is 214 g/mol. The average Bonchev–Trinajstić information content (AvgIpc) is 1.80. The standard InChI is InChI=1S/C4H10O4S.C2H4O2/c1-4(2)3-8-9(5,6)7;1-2(3)4/h4H,3H2,1-2H3,(H,5,6,7);1H3,(H,3,4). The Labute approximate surface area is 77.5 Å². The lowest BCUT2D eigenvalue weighted by molar-refractivity contribution is -0.134. The molecule has 13 heavy (non-hydrogen) atoms. The van der Waals surface area contributed by atoms with Crippen molar-refractivity contribution in [1.29, 1.82) is 0 Å². The summed E-state index contributed by atoms with van der Waals surface area (Å²) in [5.74, 6) is -0.730. The van der Waals surface area contributed by atoms with E-state index in [2.05, 4.69) is 4.18 Å². The van der Waals surface area contributed by atoms with Gasteiger partial charge in [0.2, 0.25) is 0 Å². The van der Waals surface area contributed by atoms with Crippen molar-refractivity contribution < 1.29 is 27.1 Å². The number of carboxylic acid groups (broad SMARTS) is 1. The molecule has 0 radical (unpaired) electrons. The average molecular weight is 214 g/mol. The third kappa shape index (κ3) is 34.7. The zero-order valence-corrected chi connectivity index (χ0v) is 8.54. The smallest absolute Gasteiger partial charge is 0.397 e. The third-order valence-electron chi connectivity index (χ3n) is 0.550. The molecular weight excluding hydrogens is 200 g/mol. The largest absolute Gasteiger partial charge is 0.481 e. The maximum absolute atomic E-state index is 9.87. The van der Waals surface area contributed by atoms with Crippen molar-refractivity contribution in [2.75, 3.05) is 6.61 Å². The van der Waals surface area contributed by atoms with Gasteiger partial charge in [0, 0.05) is 6.92 Å². The van der Waals surface area contributed by atoms with Gasteiger partial charge in [-0.25, -0.2) is 4.18 Å². The molecule has 7 heteroatoms. The van der Waals surface area contributed by atoms with E-state index in [4.69, 9.17) is 14.5 Å². The van der Waals surface area contributed by atoms with Crippen molar-refractivity contribution >= 4 is 16.4 Å². The SMILES string of the molecule is CC(=O)O.CC(C)COS(=O)(=O)O. The predicted molar refractivity (Wildman–Crippen MR) is 45.6 cm³/mol. The van der Waals surface area contributed by atoms with Crippen molar-refractivity contribution in [3.8, 4) is 0 Å². The van der Waals surface area contributed by atoms with Crippen LogP contribution in [0.2, 0.25) is 0 Å². The number of carbonyl (C=O) groups is 1. The number of aliphatic carboxylic acids is 1. The van der Waals surface area contributed by atoms with Crippen LogP contribution >= 0.6 is 0 Å². The molecule has 0 saturated carbocycles. The lowest BCUT2D eigenvalue weighted by Gasteiger charge is -2.00. The van der Waals surface area contributed by atoms with E-state index in [1.54, 1.807) is 13.8 Å². The summed E-state index contributed by atoms with van der Waals surface area (Å²) in [5, 5.41) is 7.42. The summed E-state index contributed by atoms with van der Waals surface area (Å²) in [6.45, 7) is 4.68. The number of rotatable bonds is 3. The minimum atomic E-state index is -4.22. The van der Waals surface area contributed by atoms with Crippen LogP contribution in [0, 0.1) is 5.92 Å². The summed E-state index contributed by atoms with van der Waals surface area (Å²) in [4.78, 5) is 9.00. The molecule has 0 atom stereocenters. The Kier molecular flexibility index (Phi) is 7.78. The van der Waals surface area contributed by atoms with Gasteiger partial charge < -0.3 is 5.11 Å². The maximum atomic E-state index is 9.87. The van der Waals surface area contributed by atoms with Crippen LogP contribution in [0.4, 0.5) is 0 Å². The minimum Gasteiger partial charge on any atom is -0.481 e. The van der Waals surface area contributed by atoms with Gasteiger partial charge in [-0.3, -0.25) is 9.35 Å². The zero-order chi connectivity index (χ0) is 11.1. The number of hydrogen-bond donors (Lipinski definition) is 2. The van der Waals surface area contributed by atoms with Crippen LogP contribution in [0.5, 0.6) is 0 Å². The summed E-state index contributed by atoms with van der Waals surface area (Å²) >= 11 is 0. The Hall–Kier alpha value is -0.660. The molecule has 0 saturated heterocycles. The Morgan fingerprint density at radius 2 is 1.77 bits per heavy atom. The van der Waals surface area contributed by atoms with E-state index in [9.17, 15) is 8.42 Å². The molecule has 0 rings (SSSR count). The van der Waals surface area contributed by atoms with E-state index in [1.165, 1.54) is 0 Å².